The summed E-state index contributed by atoms with van der Waals surface area (Å²) < 4.78 is 11.4. The third kappa shape index (κ3) is 18.5. The molecule has 0 aromatic carbocycles. The summed E-state index contributed by atoms with van der Waals surface area (Å²) in [7, 11) is 0. The minimum atomic E-state index is -0.949. The van der Waals surface area contributed by atoms with Crippen LogP contribution in [0.1, 0.15) is 54.4 Å². The summed E-state index contributed by atoms with van der Waals surface area (Å²) in [6.45, 7) is 21.4. The van der Waals surface area contributed by atoms with Gasteiger partial charge >= 0.3 is 172 Å². The van der Waals surface area contributed by atoms with E-state index in [9.17, 15) is 0 Å². The topological polar surface area (TPSA) is 6.48 Å². The van der Waals surface area contributed by atoms with Gasteiger partial charge in [-0.3, -0.25) is 0 Å². The van der Waals surface area contributed by atoms with Gasteiger partial charge in [-0.2, -0.15) is 0 Å². The number of hydrogen-bond acceptors (Lipinski definition) is 2. The molecule has 0 N–H and O–H groups in total. The fraction of sp³-hybridized carbons (Fsp3) is 1.00. The molecule has 0 aliphatic heterocycles. The summed E-state index contributed by atoms with van der Waals surface area (Å²) >= 11 is -1.81. The summed E-state index contributed by atoms with van der Waals surface area (Å²) in [6.07, 6.45) is 2.93. The van der Waals surface area contributed by atoms with E-state index in [-0.39, 0.29) is 0 Å². The quantitative estimate of drug-likeness (QED) is 0.275. The van der Waals surface area contributed by atoms with Crippen molar-refractivity contribution in [3.05, 3.63) is 0 Å². The molecule has 24 heavy (non-hydrogen) atoms. The Labute approximate surface area is 171 Å². The van der Waals surface area contributed by atoms with Crippen LogP contribution in [-0.4, -0.2) is 91.9 Å². The van der Waals surface area contributed by atoms with E-state index in [1.165, 1.54) is 52.1 Å². The molecule has 0 saturated heterocycles. The van der Waals surface area contributed by atoms with Crippen LogP contribution in [0.5, 0.6) is 0 Å². The van der Waals surface area contributed by atoms with E-state index in [1.807, 2.05) is 0 Å². The Kier molecular flexibility index (Phi) is 24.4. The van der Waals surface area contributed by atoms with E-state index in [2.05, 4.69) is 60.7 Å². The van der Waals surface area contributed by atoms with E-state index in [0.717, 1.165) is 0 Å². The molecule has 0 unspecified atom stereocenters. The van der Waals surface area contributed by atoms with Crippen molar-refractivity contribution in [2.75, 3.05) is 39.3 Å². The monoisotopic (exact) mass is 546 g/mol. The van der Waals surface area contributed by atoms with Gasteiger partial charge in [-0.15, -0.1) is 0 Å². The second-order valence-electron chi connectivity index (χ2n) is 7.41. The van der Waals surface area contributed by atoms with Gasteiger partial charge in [0.25, 0.3) is 0 Å². The summed E-state index contributed by atoms with van der Waals surface area (Å²) in [5.41, 5.74) is 0. The molecule has 0 aliphatic carbocycles. The van der Waals surface area contributed by atoms with Crippen LogP contribution in [0.4, 0.5) is 0 Å². The Balaban J connectivity index is 0. The third-order valence-corrected chi connectivity index (χ3v) is 19.8. The average Bonchev–Trinajstić information content (AvgIpc) is 2.59. The van der Waals surface area contributed by atoms with Crippen LogP contribution in [0.2, 0.25) is 26.1 Å². The van der Waals surface area contributed by atoms with Crippen LogP contribution in [0.25, 0.3) is 0 Å². The van der Waals surface area contributed by atoms with Gasteiger partial charge in [0, 0.05) is 0 Å². The molecule has 0 rings (SSSR count). The fourth-order valence-corrected chi connectivity index (χ4v) is 12.1. The van der Waals surface area contributed by atoms with Gasteiger partial charge < -0.3 is 0 Å². The molecule has 0 amide bonds. The van der Waals surface area contributed by atoms with Crippen molar-refractivity contribution >= 4 is 42.9 Å². The van der Waals surface area contributed by atoms with Crippen LogP contribution in [0.3, 0.4) is 0 Å². The molecule has 4 heteroatoms. The van der Waals surface area contributed by atoms with E-state index in [4.69, 9.17) is 0 Å². The zero-order valence-corrected chi connectivity index (χ0v) is 25.1. The second kappa shape index (κ2) is 21.0. The first kappa shape index (κ1) is 27.9. The van der Waals surface area contributed by atoms with Crippen molar-refractivity contribution in [3.63, 3.8) is 0 Å². The van der Waals surface area contributed by atoms with Crippen molar-refractivity contribution < 1.29 is 0 Å². The minimum absolute atomic E-state index is 0.864. The maximum atomic E-state index is 2.55. The normalized spacial score (nSPS) is 10.8. The van der Waals surface area contributed by atoms with Gasteiger partial charge in [-0.05, 0) is 0 Å². The van der Waals surface area contributed by atoms with Gasteiger partial charge in [0.1, 0.15) is 0 Å². The van der Waals surface area contributed by atoms with Crippen molar-refractivity contribution in [1.82, 2.24) is 9.80 Å². The molecule has 0 radical (unpaired) electrons. The average molecular weight is 546 g/mol. The molecule has 0 aromatic rings. The third-order valence-electron chi connectivity index (χ3n) is 5.29. The summed E-state index contributed by atoms with van der Waals surface area (Å²) in [6, 6.07) is 0. The van der Waals surface area contributed by atoms with Crippen LogP contribution < -0.4 is 0 Å². The summed E-state index contributed by atoms with van der Waals surface area (Å²) in [5, 5.41) is 0. The molecule has 0 atom stereocenters. The first-order valence-electron chi connectivity index (χ1n) is 10.9. The van der Waals surface area contributed by atoms with Gasteiger partial charge in [0.05, 0.1) is 0 Å². The standard InChI is InChI=1S/2C7H16N.2C2H5.2CH3.2In/c2*1-4-7-8(5-2)6-3;2*1-2;;;;/h2*1,4-7H2,2-3H3;2*1H2,2H3;2*1H3;;. The zero-order valence-electron chi connectivity index (χ0n) is 18.5. The van der Waals surface area contributed by atoms with Gasteiger partial charge in [0.2, 0.25) is 0 Å². The number of hydrogen-bond donors (Lipinski definition) is 0. The van der Waals surface area contributed by atoms with Crippen molar-refractivity contribution in [3.8, 4) is 0 Å². The second-order valence-corrected chi connectivity index (χ2v) is 28.3. The number of nitrogens with zero attached hydrogens (tertiary/aromatic N) is 2. The van der Waals surface area contributed by atoms with Gasteiger partial charge in [0.15, 0.2) is 0 Å². The predicted octanol–water partition coefficient (Wildman–Crippen LogP) is 5.73. The molecule has 0 saturated carbocycles. The van der Waals surface area contributed by atoms with Crippen molar-refractivity contribution in [1.29, 1.82) is 0 Å². The molecular formula is C20H48In2N2. The molecule has 0 spiro atoms. The van der Waals surface area contributed by atoms with Gasteiger partial charge in [-0.25, -0.2) is 0 Å². The molecule has 0 aromatic heterocycles. The first-order chi connectivity index (χ1) is 11.5. The number of rotatable bonds is 14. The summed E-state index contributed by atoms with van der Waals surface area (Å²) in [4.78, 5) is 5.07. The molecule has 0 bridgehead atoms. The molecule has 0 heterocycles. The van der Waals surface area contributed by atoms with Crippen LogP contribution in [0, 0.1) is 0 Å². The van der Waals surface area contributed by atoms with Crippen molar-refractivity contribution in [2.24, 2.45) is 0 Å². The Morgan fingerprint density at radius 2 is 0.958 bits per heavy atom. The van der Waals surface area contributed by atoms with E-state index >= 15 is 0 Å². The Hall–Kier alpha value is 1.66. The molecule has 0 aliphatic rings. The Bertz CT molecular complexity index is 214. The van der Waals surface area contributed by atoms with Crippen LogP contribution in [0.15, 0.2) is 0 Å². The SMILES string of the molecule is CCN(CC)CC[CH2][In]([CH2]C)[CH2]C.CCN(CC)CC[CH2][In]([CH3])[CH3]. The maximum absolute atomic E-state index is 2.55. The first-order valence-corrected chi connectivity index (χ1v) is 26.8. The van der Waals surface area contributed by atoms with E-state index in [1.54, 1.807) is 16.7 Å². The van der Waals surface area contributed by atoms with Gasteiger partial charge in [-0.1, -0.05) is 0 Å². The Morgan fingerprint density at radius 3 is 1.25 bits per heavy atom. The predicted molar refractivity (Wildman–Crippen MR) is 119 cm³/mol. The molecule has 0 fully saturated rings. The zero-order chi connectivity index (χ0) is 18.8. The Morgan fingerprint density at radius 1 is 0.583 bits per heavy atom. The van der Waals surface area contributed by atoms with Crippen LogP contribution in [-0.2, 0) is 0 Å². The van der Waals surface area contributed by atoms with Crippen molar-refractivity contribution in [2.45, 2.75) is 80.5 Å². The van der Waals surface area contributed by atoms with Crippen LogP contribution >= 0.6 is 0 Å². The molecule has 2 nitrogen and oxygen atoms in total. The van der Waals surface area contributed by atoms with E-state index in [0.29, 0.717) is 0 Å². The molecular weight excluding hydrogens is 498 g/mol. The molecule has 144 valence electrons. The van der Waals surface area contributed by atoms with E-state index < -0.39 is 42.9 Å². The fourth-order valence-electron chi connectivity index (χ4n) is 3.10. The summed E-state index contributed by atoms with van der Waals surface area (Å²) in [5.74, 6) is 0.